The van der Waals surface area contributed by atoms with Crippen molar-refractivity contribution in [1.82, 2.24) is 0 Å². The van der Waals surface area contributed by atoms with Gasteiger partial charge in [0.15, 0.2) is 0 Å². The van der Waals surface area contributed by atoms with Crippen molar-refractivity contribution in [2.75, 3.05) is 106 Å². The van der Waals surface area contributed by atoms with Gasteiger partial charge in [0.05, 0.1) is 98.8 Å². The third-order valence-electron chi connectivity index (χ3n) is 4.67. The van der Waals surface area contributed by atoms with Crippen LogP contribution in [-0.4, -0.2) is 112 Å². The largest absolute Gasteiger partial charge is 0.499 e. The van der Waals surface area contributed by atoms with Crippen LogP contribution in [0.3, 0.4) is 0 Å². The van der Waals surface area contributed by atoms with Gasteiger partial charge in [-0.2, -0.15) is 0 Å². The lowest BCUT2D eigenvalue weighted by molar-refractivity contribution is -0.145. The van der Waals surface area contributed by atoms with Crippen molar-refractivity contribution < 1.29 is 47.4 Å². The maximum absolute atomic E-state index is 11.6. The van der Waals surface area contributed by atoms with E-state index in [-0.39, 0.29) is 5.97 Å². The topological polar surface area (TPSA) is 100 Å². The van der Waals surface area contributed by atoms with Gasteiger partial charge >= 0.3 is 5.97 Å². The fourth-order valence-electron chi connectivity index (χ4n) is 2.77. The minimum absolute atomic E-state index is 0.144. The molecule has 10 nitrogen and oxygen atoms in total. The summed E-state index contributed by atoms with van der Waals surface area (Å²) in [5.41, 5.74) is 0. The van der Waals surface area contributed by atoms with Gasteiger partial charge in [0.1, 0.15) is 13.2 Å². The number of hydrogen-bond donors (Lipinski definition) is 0. The Balaban J connectivity index is 3.08. The smallest absolute Gasteiger partial charge is 0.305 e. The lowest BCUT2D eigenvalue weighted by Gasteiger charge is -2.09. The average molecular weight is 523 g/mol. The summed E-state index contributed by atoms with van der Waals surface area (Å²) in [6.07, 6.45) is 7.49. The summed E-state index contributed by atoms with van der Waals surface area (Å²) in [5.74, 6) is -0.144. The van der Waals surface area contributed by atoms with Crippen LogP contribution in [0.4, 0.5) is 0 Å². The van der Waals surface area contributed by atoms with Gasteiger partial charge in [0.2, 0.25) is 0 Å². The number of carbonyl (C=O) groups excluding carboxylic acids is 1. The zero-order valence-corrected chi connectivity index (χ0v) is 22.4. The van der Waals surface area contributed by atoms with Crippen LogP contribution in [0.1, 0.15) is 45.4 Å². The predicted molar refractivity (Wildman–Crippen MR) is 136 cm³/mol. The normalized spacial score (nSPS) is 11.0. The van der Waals surface area contributed by atoms with Crippen molar-refractivity contribution in [2.45, 2.75) is 45.4 Å². The van der Waals surface area contributed by atoms with Gasteiger partial charge in [-0.05, 0) is 6.42 Å². The highest BCUT2D eigenvalue weighted by Crippen LogP contribution is 2.05. The van der Waals surface area contributed by atoms with E-state index < -0.39 is 0 Å². The number of ether oxygens (including phenoxy) is 9. The molecule has 10 heteroatoms. The number of hydrogen-bond acceptors (Lipinski definition) is 10. The molecule has 214 valence electrons. The first-order chi connectivity index (χ1) is 17.8. The van der Waals surface area contributed by atoms with Crippen LogP contribution in [0.15, 0.2) is 12.8 Å². The molecule has 0 rings (SSSR count). The van der Waals surface area contributed by atoms with Crippen LogP contribution in [0.2, 0.25) is 0 Å². The highest BCUT2D eigenvalue weighted by atomic mass is 16.6. The SMILES string of the molecule is C=COCCOCCOCCOCCOCCOCCOCCOCCOC(=O)CCCCCCC. The maximum atomic E-state index is 11.6. The van der Waals surface area contributed by atoms with Gasteiger partial charge in [-0.25, -0.2) is 0 Å². The summed E-state index contributed by atoms with van der Waals surface area (Å²) in [7, 11) is 0. The summed E-state index contributed by atoms with van der Waals surface area (Å²) in [6.45, 7) is 13.4. The molecule has 0 aromatic rings. The van der Waals surface area contributed by atoms with Crippen molar-refractivity contribution in [3.05, 3.63) is 12.8 Å². The van der Waals surface area contributed by atoms with E-state index in [1.54, 1.807) is 0 Å². The predicted octanol–water partition coefficient (Wildman–Crippen LogP) is 3.17. The fourth-order valence-corrected chi connectivity index (χ4v) is 2.77. The molecule has 0 aliphatic rings. The number of rotatable bonds is 31. The molecule has 0 aliphatic carbocycles. The Bertz CT molecular complexity index is 450. The van der Waals surface area contributed by atoms with Crippen molar-refractivity contribution in [1.29, 1.82) is 0 Å². The van der Waals surface area contributed by atoms with Gasteiger partial charge in [-0.1, -0.05) is 39.2 Å². The van der Waals surface area contributed by atoms with Gasteiger partial charge in [-0.3, -0.25) is 4.79 Å². The van der Waals surface area contributed by atoms with E-state index in [1.807, 2.05) is 0 Å². The van der Waals surface area contributed by atoms with Gasteiger partial charge in [-0.15, -0.1) is 0 Å². The van der Waals surface area contributed by atoms with E-state index in [2.05, 4.69) is 13.5 Å². The van der Waals surface area contributed by atoms with Crippen LogP contribution in [0.25, 0.3) is 0 Å². The van der Waals surface area contributed by atoms with Gasteiger partial charge in [0.25, 0.3) is 0 Å². The number of esters is 1. The molecule has 0 aromatic carbocycles. The van der Waals surface area contributed by atoms with E-state index in [9.17, 15) is 4.79 Å². The molecule has 0 unspecified atom stereocenters. The highest BCUT2D eigenvalue weighted by Gasteiger charge is 2.02. The second-order valence-electron chi connectivity index (χ2n) is 7.71. The molecule has 0 heterocycles. The molecule has 0 bridgehead atoms. The van der Waals surface area contributed by atoms with Crippen LogP contribution < -0.4 is 0 Å². The first kappa shape index (κ1) is 34.7. The minimum Gasteiger partial charge on any atom is -0.499 e. The van der Waals surface area contributed by atoms with E-state index >= 15 is 0 Å². The molecule has 0 saturated heterocycles. The van der Waals surface area contributed by atoms with E-state index in [1.165, 1.54) is 25.5 Å². The Morgan fingerprint density at radius 3 is 1.28 bits per heavy atom. The van der Waals surface area contributed by atoms with Crippen LogP contribution >= 0.6 is 0 Å². The van der Waals surface area contributed by atoms with Crippen molar-refractivity contribution in [3.63, 3.8) is 0 Å². The molecular formula is C26H50O10. The third-order valence-corrected chi connectivity index (χ3v) is 4.67. The zero-order valence-electron chi connectivity index (χ0n) is 22.4. The monoisotopic (exact) mass is 522 g/mol. The lowest BCUT2D eigenvalue weighted by atomic mass is 10.1. The summed E-state index contributed by atoms with van der Waals surface area (Å²) in [5, 5.41) is 0. The average Bonchev–Trinajstić information content (AvgIpc) is 2.88. The standard InChI is InChI=1S/C26H50O10/c1-3-5-6-7-8-9-26(27)36-25-24-35-23-22-34-21-20-33-19-18-32-17-16-31-15-14-30-13-12-29-11-10-28-4-2/h4H,2-3,5-25H2,1H3. The number of unbranched alkanes of at least 4 members (excludes halogenated alkanes) is 4. The molecule has 0 saturated carbocycles. The Morgan fingerprint density at radius 2 is 0.889 bits per heavy atom. The van der Waals surface area contributed by atoms with E-state index in [4.69, 9.17) is 42.6 Å². The maximum Gasteiger partial charge on any atom is 0.305 e. The number of carbonyl (C=O) groups is 1. The highest BCUT2D eigenvalue weighted by molar-refractivity contribution is 5.69. The second-order valence-corrected chi connectivity index (χ2v) is 7.71. The summed E-state index contributed by atoms with van der Waals surface area (Å²) < 4.78 is 47.9. The Morgan fingerprint density at radius 1 is 0.528 bits per heavy atom. The first-order valence-corrected chi connectivity index (χ1v) is 13.2. The summed E-state index contributed by atoms with van der Waals surface area (Å²) >= 11 is 0. The van der Waals surface area contributed by atoms with Crippen LogP contribution in [0.5, 0.6) is 0 Å². The van der Waals surface area contributed by atoms with Crippen LogP contribution in [-0.2, 0) is 47.4 Å². The fraction of sp³-hybridized carbons (Fsp3) is 0.885. The molecule has 0 spiro atoms. The molecule has 0 atom stereocenters. The Kier molecular flexibility index (Phi) is 30.6. The second kappa shape index (κ2) is 31.8. The molecule has 0 radical (unpaired) electrons. The van der Waals surface area contributed by atoms with Gasteiger partial charge in [0, 0.05) is 6.42 Å². The van der Waals surface area contributed by atoms with Crippen molar-refractivity contribution in [2.24, 2.45) is 0 Å². The van der Waals surface area contributed by atoms with Crippen molar-refractivity contribution in [3.8, 4) is 0 Å². The summed E-state index contributed by atoms with van der Waals surface area (Å²) in [6, 6.07) is 0. The Hall–Kier alpha value is -1.27. The van der Waals surface area contributed by atoms with Gasteiger partial charge < -0.3 is 42.6 Å². The molecule has 0 fully saturated rings. The molecule has 36 heavy (non-hydrogen) atoms. The quantitative estimate of drug-likeness (QED) is 0.0767. The van der Waals surface area contributed by atoms with Crippen molar-refractivity contribution >= 4 is 5.97 Å². The zero-order chi connectivity index (χ0) is 26.2. The Labute approximate surface area is 217 Å². The third kappa shape index (κ3) is 30.8. The molecular weight excluding hydrogens is 472 g/mol. The molecule has 0 aliphatic heterocycles. The molecule has 0 aromatic heterocycles. The lowest BCUT2D eigenvalue weighted by Crippen LogP contribution is -2.15. The minimum atomic E-state index is -0.144. The first-order valence-electron chi connectivity index (χ1n) is 13.2. The molecule has 0 amide bonds. The van der Waals surface area contributed by atoms with Crippen LogP contribution in [0, 0.1) is 0 Å². The van der Waals surface area contributed by atoms with E-state index in [0.29, 0.717) is 112 Å². The van der Waals surface area contributed by atoms with E-state index in [0.717, 1.165) is 12.8 Å². The summed E-state index contributed by atoms with van der Waals surface area (Å²) in [4.78, 5) is 11.6. The molecule has 0 N–H and O–H groups in total.